The number of nitrogens with zero attached hydrogens (tertiary/aromatic N) is 3. The summed E-state index contributed by atoms with van der Waals surface area (Å²) in [5, 5.41) is 8.81. The minimum atomic E-state index is -0.587. The molecule has 1 atom stereocenters. The van der Waals surface area contributed by atoms with Gasteiger partial charge in [-0.15, -0.1) is 5.10 Å². The number of Topliss-reactive ketones (excluding diaryl/α,β-unsaturated/α-hetero) is 1. The molecule has 0 bridgehead atoms. The monoisotopic (exact) mass is 559 g/mol. The van der Waals surface area contributed by atoms with Gasteiger partial charge in [-0.05, 0) is 54.3 Å². The summed E-state index contributed by atoms with van der Waals surface area (Å²) in [5.74, 6) is 0.879. The van der Waals surface area contributed by atoms with Crippen LogP contribution in [0.4, 0.5) is 15.8 Å². The molecule has 1 heterocycles. The van der Waals surface area contributed by atoms with Crippen LogP contribution < -0.4 is 19.4 Å². The Morgan fingerprint density at radius 1 is 0.881 bits per heavy atom. The lowest BCUT2D eigenvalue weighted by Gasteiger charge is -2.34. The minimum Gasteiger partial charge on any atom is -0.493 e. The van der Waals surface area contributed by atoms with Gasteiger partial charge in [0.15, 0.2) is 29.3 Å². The molecule has 1 aliphatic heterocycles. The number of anilines is 2. The van der Waals surface area contributed by atoms with Gasteiger partial charge in [0.25, 0.3) is 0 Å². The maximum absolute atomic E-state index is 13.6. The highest BCUT2D eigenvalue weighted by Gasteiger charge is 2.41. The van der Waals surface area contributed by atoms with E-state index in [1.165, 1.54) is 19.1 Å². The van der Waals surface area contributed by atoms with Crippen LogP contribution in [0.25, 0.3) is 10.8 Å². The number of benzene rings is 5. The predicted octanol–water partition coefficient (Wildman–Crippen LogP) is 7.80. The van der Waals surface area contributed by atoms with Crippen LogP contribution in [0.15, 0.2) is 114 Å². The fourth-order valence-electron chi connectivity index (χ4n) is 5.29. The van der Waals surface area contributed by atoms with Gasteiger partial charge in [0, 0.05) is 17.9 Å². The molecule has 0 aromatic heterocycles. The van der Waals surface area contributed by atoms with Crippen LogP contribution in [-0.2, 0) is 11.4 Å². The van der Waals surface area contributed by atoms with Crippen molar-refractivity contribution >= 4 is 33.8 Å². The van der Waals surface area contributed by atoms with Crippen molar-refractivity contribution in [2.45, 2.75) is 26.6 Å². The third kappa shape index (κ3) is 5.05. The Hall–Kier alpha value is -5.17. The van der Waals surface area contributed by atoms with E-state index in [1.807, 2.05) is 89.6 Å². The lowest BCUT2D eigenvalue weighted by atomic mass is 10.0. The van der Waals surface area contributed by atoms with Gasteiger partial charge in [-0.1, -0.05) is 78.4 Å². The molecule has 6 rings (SSSR count). The fraction of sp³-hybridized carbons (Fsp3) is 0.143. The summed E-state index contributed by atoms with van der Waals surface area (Å²) < 4.78 is 25.8. The first-order valence-electron chi connectivity index (χ1n) is 13.7. The Kier molecular flexibility index (Phi) is 7.32. The number of halogens is 1. The molecule has 0 radical (unpaired) electrons. The molecule has 0 amide bonds. The van der Waals surface area contributed by atoms with E-state index in [2.05, 4.69) is 12.1 Å². The number of hydrogen-bond acceptors (Lipinski definition) is 6. The summed E-state index contributed by atoms with van der Waals surface area (Å²) in [6, 6.07) is 34.1. The number of methoxy groups -OCH3 is 1. The summed E-state index contributed by atoms with van der Waals surface area (Å²) >= 11 is 0. The third-order valence-electron chi connectivity index (χ3n) is 7.35. The van der Waals surface area contributed by atoms with E-state index < -0.39 is 6.17 Å². The average molecular weight is 560 g/mol. The van der Waals surface area contributed by atoms with E-state index >= 15 is 0 Å². The molecule has 5 aromatic carbocycles. The van der Waals surface area contributed by atoms with Gasteiger partial charge in [-0.2, -0.15) is 0 Å². The van der Waals surface area contributed by atoms with Gasteiger partial charge in [-0.3, -0.25) is 9.69 Å². The minimum absolute atomic E-state index is 0.167. The number of hydrogen-bond donors (Lipinski definition) is 0. The average Bonchev–Trinajstić information content (AvgIpc) is 3.41. The molecular weight excluding hydrogens is 529 g/mol. The van der Waals surface area contributed by atoms with Crippen LogP contribution in [0.2, 0.25) is 0 Å². The zero-order valence-corrected chi connectivity index (χ0v) is 23.6. The molecule has 42 heavy (non-hydrogen) atoms. The van der Waals surface area contributed by atoms with Crippen molar-refractivity contribution in [3.05, 3.63) is 132 Å². The summed E-state index contributed by atoms with van der Waals surface area (Å²) in [6.07, 6.45) is -0.587. The second kappa shape index (κ2) is 11.4. The van der Waals surface area contributed by atoms with Crippen molar-refractivity contribution in [1.29, 1.82) is 0 Å². The summed E-state index contributed by atoms with van der Waals surface area (Å²) in [5.41, 5.74) is 4.33. The Morgan fingerprint density at radius 2 is 1.60 bits per heavy atom. The van der Waals surface area contributed by atoms with Crippen LogP contribution in [-0.4, -0.2) is 18.7 Å². The van der Waals surface area contributed by atoms with Gasteiger partial charge >= 0.3 is 0 Å². The molecule has 7 heteroatoms. The molecule has 5 aromatic rings. The number of rotatable bonds is 8. The van der Waals surface area contributed by atoms with Crippen molar-refractivity contribution in [3.63, 3.8) is 0 Å². The van der Waals surface area contributed by atoms with Crippen LogP contribution in [0.1, 0.15) is 29.8 Å². The highest BCUT2D eigenvalue weighted by atomic mass is 19.1. The first kappa shape index (κ1) is 27.0. The van der Waals surface area contributed by atoms with Gasteiger partial charge in [0.05, 0.1) is 18.5 Å². The van der Waals surface area contributed by atoms with E-state index in [1.54, 1.807) is 19.2 Å². The molecule has 0 N–H and O–H groups in total. The fourth-order valence-corrected chi connectivity index (χ4v) is 5.29. The number of aryl methyl sites for hydroxylation is 1. The molecule has 0 saturated heterocycles. The SMILES string of the molecule is COc1cccc([C@@H]2N(c3ccc(C)cc3)N=C(C(C)=O)N2c2cccc3ccccc23)c1OCc1ccc(F)cc1. The number of amidine groups is 1. The van der Waals surface area contributed by atoms with Crippen molar-refractivity contribution in [2.75, 3.05) is 17.0 Å². The lowest BCUT2D eigenvalue weighted by Crippen LogP contribution is -2.38. The molecule has 0 fully saturated rings. The van der Waals surface area contributed by atoms with E-state index in [-0.39, 0.29) is 18.2 Å². The maximum atomic E-state index is 13.6. The van der Waals surface area contributed by atoms with Crippen LogP contribution in [0.3, 0.4) is 0 Å². The van der Waals surface area contributed by atoms with Crippen molar-refractivity contribution < 1.29 is 18.7 Å². The second-order valence-electron chi connectivity index (χ2n) is 10.2. The largest absolute Gasteiger partial charge is 0.493 e. The van der Waals surface area contributed by atoms with Crippen LogP contribution in [0.5, 0.6) is 11.5 Å². The summed E-state index contributed by atoms with van der Waals surface area (Å²) in [7, 11) is 1.59. The topological polar surface area (TPSA) is 54.4 Å². The quantitative estimate of drug-likeness (QED) is 0.194. The molecule has 210 valence electrons. The standard InChI is InChI=1S/C35H30FN3O3/c1-23-14-20-28(21-15-23)39-35(30-11-7-13-32(41-3)33(30)42-22-25-16-18-27(36)19-17-25)38(34(37-39)24(2)40)31-12-6-9-26-8-4-5-10-29(26)31/h4-21,35H,22H2,1-3H3/t35-/m0/s1. The molecule has 0 saturated carbocycles. The smallest absolute Gasteiger partial charge is 0.198 e. The highest BCUT2D eigenvalue weighted by Crippen LogP contribution is 2.46. The van der Waals surface area contributed by atoms with Crippen LogP contribution in [0, 0.1) is 12.7 Å². The first-order chi connectivity index (χ1) is 20.4. The molecule has 1 aliphatic rings. The zero-order valence-electron chi connectivity index (χ0n) is 23.6. The number of carbonyl (C=O) groups excluding carboxylic acids is 1. The normalized spacial score (nSPS) is 14.7. The number of fused-ring (bicyclic) bond motifs is 1. The van der Waals surface area contributed by atoms with Gasteiger partial charge in [0.1, 0.15) is 12.4 Å². The van der Waals surface area contributed by atoms with E-state index in [4.69, 9.17) is 14.6 Å². The molecular formula is C35H30FN3O3. The van der Waals surface area contributed by atoms with Gasteiger partial charge in [-0.25, -0.2) is 9.40 Å². The van der Waals surface area contributed by atoms with Gasteiger partial charge in [0.2, 0.25) is 0 Å². The zero-order chi connectivity index (χ0) is 29.2. The summed E-state index contributed by atoms with van der Waals surface area (Å²) in [6.45, 7) is 3.76. The van der Waals surface area contributed by atoms with Crippen LogP contribution >= 0.6 is 0 Å². The first-order valence-corrected chi connectivity index (χ1v) is 13.7. The van der Waals surface area contributed by atoms with Crippen molar-refractivity contribution in [3.8, 4) is 11.5 Å². The number of hydrazone groups is 1. The summed E-state index contributed by atoms with van der Waals surface area (Å²) in [4.78, 5) is 15.2. The van der Waals surface area contributed by atoms with Gasteiger partial charge < -0.3 is 9.47 Å². The van der Waals surface area contributed by atoms with E-state index in [0.717, 1.165) is 38.8 Å². The Bertz CT molecular complexity index is 1780. The molecule has 0 aliphatic carbocycles. The van der Waals surface area contributed by atoms with Crippen molar-refractivity contribution in [2.24, 2.45) is 5.10 Å². The Labute approximate surface area is 244 Å². The number of ether oxygens (including phenoxy) is 2. The Balaban J connectivity index is 1.55. The highest BCUT2D eigenvalue weighted by molar-refractivity contribution is 6.44. The molecule has 6 nitrogen and oxygen atoms in total. The lowest BCUT2D eigenvalue weighted by molar-refractivity contribution is -0.111. The number of para-hydroxylation sites is 1. The predicted molar refractivity (Wildman–Crippen MR) is 165 cm³/mol. The third-order valence-corrected chi connectivity index (χ3v) is 7.35. The van der Waals surface area contributed by atoms with E-state index in [9.17, 15) is 9.18 Å². The van der Waals surface area contributed by atoms with E-state index in [0.29, 0.717) is 17.3 Å². The maximum Gasteiger partial charge on any atom is 0.198 e. The second-order valence-corrected chi connectivity index (χ2v) is 10.2. The van der Waals surface area contributed by atoms with Crippen molar-refractivity contribution in [1.82, 2.24) is 0 Å². The molecule has 0 unspecified atom stereocenters. The molecule has 0 spiro atoms. The Morgan fingerprint density at radius 3 is 2.33 bits per heavy atom. The number of carbonyl (C=O) groups is 1. The number of ketones is 1.